The topological polar surface area (TPSA) is 67.9 Å². The number of ether oxygens (including phenoxy) is 2. The molecule has 1 aliphatic carbocycles. The van der Waals surface area contributed by atoms with Gasteiger partial charge in [-0.15, -0.1) is 0 Å². The van der Waals surface area contributed by atoms with Gasteiger partial charge in [-0.2, -0.15) is 0 Å². The van der Waals surface area contributed by atoms with E-state index >= 15 is 0 Å². The number of rotatable bonds is 4. The normalized spacial score (nSPS) is 12.5. The third-order valence-corrected chi connectivity index (χ3v) is 5.37. The zero-order valence-electron chi connectivity index (χ0n) is 19.1. The lowest BCUT2D eigenvalue weighted by Crippen LogP contribution is -2.48. The molecule has 33 heavy (non-hydrogen) atoms. The van der Waals surface area contributed by atoms with Gasteiger partial charge in [-0.1, -0.05) is 78.9 Å². The largest absolute Gasteiger partial charge is 0.447 e. The van der Waals surface area contributed by atoms with E-state index < -0.39 is 17.8 Å². The van der Waals surface area contributed by atoms with Crippen molar-refractivity contribution in [3.63, 3.8) is 0 Å². The first-order valence-corrected chi connectivity index (χ1v) is 11.0. The molecule has 0 heterocycles. The maximum Gasteiger partial charge on any atom is 0.429 e. The Morgan fingerprint density at radius 1 is 0.848 bits per heavy atom. The van der Waals surface area contributed by atoms with Gasteiger partial charge in [-0.3, -0.25) is 0 Å². The minimum absolute atomic E-state index is 0.0627. The standard InChI is InChI=1S/C27H28N2O4/c1-27(2,3)33-26(31)29(17-19-11-5-4-6-12-19)28-25(30)32-18-24-22-15-9-7-13-20(22)21-14-8-10-16-23(21)24/h4-16,24H,17-18H2,1-3H3,(H,28,30). The van der Waals surface area contributed by atoms with Gasteiger partial charge in [-0.25, -0.2) is 20.0 Å². The Morgan fingerprint density at radius 3 is 1.97 bits per heavy atom. The van der Waals surface area contributed by atoms with Gasteiger partial charge in [0, 0.05) is 5.92 Å². The third-order valence-electron chi connectivity index (χ3n) is 5.37. The van der Waals surface area contributed by atoms with Gasteiger partial charge in [0.1, 0.15) is 12.2 Å². The SMILES string of the molecule is CC(C)(C)OC(=O)N(Cc1ccccc1)NC(=O)OCC1c2ccccc2-c2ccccc21. The summed E-state index contributed by atoms with van der Waals surface area (Å²) in [4.78, 5) is 25.4. The zero-order chi connectivity index (χ0) is 23.4. The lowest BCUT2D eigenvalue weighted by Gasteiger charge is -2.27. The van der Waals surface area contributed by atoms with Crippen LogP contribution in [0.5, 0.6) is 0 Å². The molecule has 2 amide bonds. The van der Waals surface area contributed by atoms with Gasteiger partial charge >= 0.3 is 12.2 Å². The van der Waals surface area contributed by atoms with E-state index in [-0.39, 0.29) is 19.1 Å². The number of hydrogen-bond acceptors (Lipinski definition) is 4. The van der Waals surface area contributed by atoms with Crippen LogP contribution in [0, 0.1) is 0 Å². The molecule has 1 aliphatic rings. The van der Waals surface area contributed by atoms with Crippen molar-refractivity contribution < 1.29 is 19.1 Å². The van der Waals surface area contributed by atoms with Gasteiger partial charge in [0.25, 0.3) is 0 Å². The second kappa shape index (κ2) is 9.36. The quantitative estimate of drug-likeness (QED) is 0.511. The fourth-order valence-electron chi connectivity index (χ4n) is 3.97. The summed E-state index contributed by atoms with van der Waals surface area (Å²) in [5, 5.41) is 1.14. The summed E-state index contributed by atoms with van der Waals surface area (Å²) in [5.74, 6) is -0.0627. The molecule has 0 spiro atoms. The fraction of sp³-hybridized carbons (Fsp3) is 0.259. The van der Waals surface area contributed by atoms with Gasteiger partial charge < -0.3 is 9.47 Å². The first-order valence-electron chi connectivity index (χ1n) is 11.0. The second-order valence-electron chi connectivity index (χ2n) is 8.99. The van der Waals surface area contributed by atoms with E-state index in [1.54, 1.807) is 20.8 Å². The van der Waals surface area contributed by atoms with Crippen LogP contribution in [0.3, 0.4) is 0 Å². The third kappa shape index (κ3) is 5.34. The van der Waals surface area contributed by atoms with Crippen molar-refractivity contribution in [2.45, 2.75) is 38.8 Å². The van der Waals surface area contributed by atoms with Crippen LogP contribution in [0.2, 0.25) is 0 Å². The molecule has 0 unspecified atom stereocenters. The van der Waals surface area contributed by atoms with E-state index in [0.29, 0.717) is 0 Å². The molecule has 0 atom stereocenters. The highest BCUT2D eigenvalue weighted by Gasteiger charge is 2.30. The maximum absolute atomic E-state index is 12.7. The highest BCUT2D eigenvalue weighted by atomic mass is 16.6. The van der Waals surface area contributed by atoms with Crippen LogP contribution in [0.1, 0.15) is 43.4 Å². The number of nitrogens with zero attached hydrogens (tertiary/aromatic N) is 1. The van der Waals surface area contributed by atoms with Gasteiger partial charge in [-0.05, 0) is 48.6 Å². The predicted octanol–water partition coefficient (Wildman–Crippen LogP) is 5.88. The summed E-state index contributed by atoms with van der Waals surface area (Å²) in [6.07, 6.45) is -1.36. The van der Waals surface area contributed by atoms with E-state index in [4.69, 9.17) is 9.47 Å². The van der Waals surface area contributed by atoms with Crippen molar-refractivity contribution in [2.24, 2.45) is 0 Å². The first kappa shape index (κ1) is 22.4. The molecule has 0 radical (unpaired) electrons. The van der Waals surface area contributed by atoms with Crippen LogP contribution in [0.25, 0.3) is 11.1 Å². The molecule has 0 fully saturated rings. The second-order valence-corrected chi connectivity index (χ2v) is 8.99. The predicted molar refractivity (Wildman–Crippen MR) is 126 cm³/mol. The number of carbonyl (C=O) groups is 2. The summed E-state index contributed by atoms with van der Waals surface area (Å²) in [6, 6.07) is 25.6. The van der Waals surface area contributed by atoms with Crippen LogP contribution in [0.4, 0.5) is 9.59 Å². The van der Waals surface area contributed by atoms with Crippen molar-refractivity contribution in [1.82, 2.24) is 10.4 Å². The van der Waals surface area contributed by atoms with Crippen molar-refractivity contribution in [3.8, 4) is 11.1 Å². The first-order chi connectivity index (χ1) is 15.8. The van der Waals surface area contributed by atoms with Gasteiger partial charge in [0.05, 0.1) is 6.54 Å². The summed E-state index contributed by atoms with van der Waals surface area (Å²) >= 11 is 0. The molecular weight excluding hydrogens is 416 g/mol. The number of fused-ring (bicyclic) bond motifs is 3. The van der Waals surface area contributed by atoms with Crippen LogP contribution in [-0.4, -0.2) is 29.4 Å². The summed E-state index contributed by atoms with van der Waals surface area (Å²) in [6.45, 7) is 5.64. The van der Waals surface area contributed by atoms with Crippen LogP contribution in [-0.2, 0) is 16.0 Å². The average Bonchev–Trinajstić information content (AvgIpc) is 3.11. The Labute approximate surface area is 194 Å². The smallest absolute Gasteiger partial charge is 0.429 e. The molecule has 4 rings (SSSR count). The average molecular weight is 445 g/mol. The highest BCUT2D eigenvalue weighted by Crippen LogP contribution is 2.44. The Hall–Kier alpha value is -3.80. The molecule has 3 aromatic rings. The molecule has 170 valence electrons. The van der Waals surface area contributed by atoms with E-state index in [2.05, 4.69) is 29.7 Å². The number of carbonyl (C=O) groups excluding carboxylic acids is 2. The molecular formula is C27H28N2O4. The van der Waals surface area contributed by atoms with E-state index in [9.17, 15) is 9.59 Å². The van der Waals surface area contributed by atoms with Crippen LogP contribution >= 0.6 is 0 Å². The van der Waals surface area contributed by atoms with Crippen molar-refractivity contribution in [1.29, 1.82) is 0 Å². The van der Waals surface area contributed by atoms with Gasteiger partial charge in [0.15, 0.2) is 0 Å². The zero-order valence-corrected chi connectivity index (χ0v) is 19.1. The van der Waals surface area contributed by atoms with Crippen LogP contribution < -0.4 is 5.43 Å². The number of hydrogen-bond donors (Lipinski definition) is 1. The molecule has 3 aromatic carbocycles. The number of nitrogens with one attached hydrogen (secondary N) is 1. The molecule has 0 bridgehead atoms. The number of hydrazine groups is 1. The number of amides is 2. The Balaban J connectivity index is 1.46. The molecule has 0 aromatic heterocycles. The molecule has 6 nitrogen and oxygen atoms in total. The summed E-state index contributed by atoms with van der Waals surface area (Å²) in [7, 11) is 0. The van der Waals surface area contributed by atoms with Crippen molar-refractivity contribution in [3.05, 3.63) is 95.6 Å². The fourth-order valence-corrected chi connectivity index (χ4v) is 3.97. The minimum atomic E-state index is -0.710. The molecule has 0 saturated carbocycles. The highest BCUT2D eigenvalue weighted by molar-refractivity contribution is 5.79. The lowest BCUT2D eigenvalue weighted by atomic mass is 9.98. The van der Waals surface area contributed by atoms with Crippen LogP contribution in [0.15, 0.2) is 78.9 Å². The summed E-state index contributed by atoms with van der Waals surface area (Å²) < 4.78 is 11.0. The van der Waals surface area contributed by atoms with Crippen molar-refractivity contribution in [2.75, 3.05) is 6.61 Å². The van der Waals surface area contributed by atoms with Crippen molar-refractivity contribution >= 4 is 12.2 Å². The Bertz CT molecular complexity index is 1090. The van der Waals surface area contributed by atoms with E-state index in [0.717, 1.165) is 32.8 Å². The van der Waals surface area contributed by atoms with E-state index in [1.165, 1.54) is 0 Å². The molecule has 1 N–H and O–H groups in total. The molecule has 0 aliphatic heterocycles. The molecule has 0 saturated heterocycles. The Kier molecular flexibility index (Phi) is 6.36. The molecule has 6 heteroatoms. The maximum atomic E-state index is 12.7. The lowest BCUT2D eigenvalue weighted by molar-refractivity contribution is 0.00981. The number of benzene rings is 3. The van der Waals surface area contributed by atoms with E-state index in [1.807, 2.05) is 54.6 Å². The monoisotopic (exact) mass is 444 g/mol. The minimum Gasteiger partial charge on any atom is -0.447 e. The Morgan fingerprint density at radius 2 is 1.39 bits per heavy atom. The summed E-state index contributed by atoms with van der Waals surface area (Å²) in [5.41, 5.74) is 7.27. The van der Waals surface area contributed by atoms with Gasteiger partial charge in [0.2, 0.25) is 0 Å².